The molecule has 4 heteroatoms. The van der Waals surface area contributed by atoms with Gasteiger partial charge in [0.25, 0.3) is 5.91 Å². The molecule has 1 amide bonds. The monoisotopic (exact) mass is 328 g/mol. The quantitative estimate of drug-likeness (QED) is 0.594. The Morgan fingerprint density at radius 3 is 2.16 bits per heavy atom. The first kappa shape index (κ1) is 15.0. The number of benzene rings is 3. The predicted octanol–water partition coefficient (Wildman–Crippen LogP) is 4.10. The zero-order chi connectivity index (χ0) is 17.4. The number of fused-ring (bicyclic) bond motifs is 1. The summed E-state index contributed by atoms with van der Waals surface area (Å²) in [6, 6.07) is 24.3. The Bertz CT molecular complexity index is 1060. The molecule has 0 saturated carbocycles. The highest BCUT2D eigenvalue weighted by Gasteiger charge is 2.22. The maximum atomic E-state index is 12.3. The molecule has 0 saturated heterocycles. The van der Waals surface area contributed by atoms with E-state index in [9.17, 15) is 9.90 Å². The maximum absolute atomic E-state index is 12.3. The van der Waals surface area contributed by atoms with Gasteiger partial charge >= 0.3 is 0 Å². The third kappa shape index (κ3) is 2.44. The van der Waals surface area contributed by atoms with Crippen molar-refractivity contribution in [3.8, 4) is 22.7 Å². The smallest absolute Gasteiger partial charge is 0.251 e. The molecule has 3 aromatic carbocycles. The number of para-hydroxylation sites is 2. The summed E-state index contributed by atoms with van der Waals surface area (Å²) in [6.07, 6.45) is 0. The molecule has 4 rings (SSSR count). The summed E-state index contributed by atoms with van der Waals surface area (Å²) in [4.78, 5) is 12.3. The minimum atomic E-state index is -0.478. The Labute approximate surface area is 144 Å². The van der Waals surface area contributed by atoms with Crippen molar-refractivity contribution in [3.63, 3.8) is 0 Å². The van der Waals surface area contributed by atoms with Gasteiger partial charge in [0.15, 0.2) is 0 Å². The number of rotatable bonds is 3. The molecule has 4 nitrogen and oxygen atoms in total. The van der Waals surface area contributed by atoms with Crippen LogP contribution >= 0.6 is 0 Å². The second-order valence-corrected chi connectivity index (χ2v) is 5.82. The second kappa shape index (κ2) is 5.83. The van der Waals surface area contributed by atoms with E-state index < -0.39 is 5.91 Å². The summed E-state index contributed by atoms with van der Waals surface area (Å²) in [6.45, 7) is 0. The van der Waals surface area contributed by atoms with Gasteiger partial charge in [0, 0.05) is 11.1 Å². The fraction of sp³-hybridized carbons (Fsp3) is 0. The van der Waals surface area contributed by atoms with Gasteiger partial charge in [0.05, 0.1) is 16.8 Å². The molecule has 1 heterocycles. The van der Waals surface area contributed by atoms with Crippen LogP contribution < -0.4 is 5.73 Å². The zero-order valence-electron chi connectivity index (χ0n) is 13.4. The van der Waals surface area contributed by atoms with Crippen LogP contribution in [0.15, 0.2) is 78.9 Å². The molecule has 1 aromatic heterocycles. The Morgan fingerprint density at radius 1 is 0.840 bits per heavy atom. The van der Waals surface area contributed by atoms with Crippen molar-refractivity contribution in [2.45, 2.75) is 0 Å². The first-order chi connectivity index (χ1) is 12.2. The second-order valence-electron chi connectivity index (χ2n) is 5.82. The molecule has 122 valence electrons. The number of hydrogen-bond acceptors (Lipinski definition) is 2. The van der Waals surface area contributed by atoms with E-state index in [-0.39, 0.29) is 5.75 Å². The number of primary amides is 1. The van der Waals surface area contributed by atoms with E-state index in [4.69, 9.17) is 5.73 Å². The number of nitrogens with two attached hydrogens (primary N) is 1. The molecule has 0 bridgehead atoms. The molecule has 0 radical (unpaired) electrons. The minimum absolute atomic E-state index is 0.173. The Kier molecular flexibility index (Phi) is 3.51. The molecule has 25 heavy (non-hydrogen) atoms. The van der Waals surface area contributed by atoms with Gasteiger partial charge in [-0.2, -0.15) is 0 Å². The average Bonchev–Trinajstić information content (AvgIpc) is 2.98. The molecule has 0 unspecified atom stereocenters. The van der Waals surface area contributed by atoms with Gasteiger partial charge in [0.1, 0.15) is 5.75 Å². The van der Waals surface area contributed by atoms with Gasteiger partial charge in [-0.05, 0) is 48.0 Å². The van der Waals surface area contributed by atoms with Crippen molar-refractivity contribution in [2.75, 3.05) is 0 Å². The van der Waals surface area contributed by atoms with Gasteiger partial charge in [-0.15, -0.1) is 0 Å². The number of amides is 1. The highest BCUT2D eigenvalue weighted by atomic mass is 16.3. The lowest BCUT2D eigenvalue weighted by atomic mass is 10.0. The van der Waals surface area contributed by atoms with Crippen molar-refractivity contribution in [2.24, 2.45) is 5.73 Å². The molecule has 0 aliphatic carbocycles. The van der Waals surface area contributed by atoms with Crippen LogP contribution in [0.4, 0.5) is 0 Å². The van der Waals surface area contributed by atoms with E-state index in [0.717, 1.165) is 27.8 Å². The van der Waals surface area contributed by atoms with Crippen LogP contribution in [0.3, 0.4) is 0 Å². The van der Waals surface area contributed by atoms with Gasteiger partial charge < -0.3 is 15.4 Å². The summed E-state index contributed by atoms with van der Waals surface area (Å²) < 4.78 is 2.03. The van der Waals surface area contributed by atoms with Gasteiger partial charge in [-0.1, -0.05) is 36.4 Å². The fourth-order valence-electron chi connectivity index (χ4n) is 3.23. The van der Waals surface area contributed by atoms with E-state index in [2.05, 4.69) is 0 Å². The van der Waals surface area contributed by atoms with Crippen LogP contribution in [-0.4, -0.2) is 15.6 Å². The van der Waals surface area contributed by atoms with Crippen molar-refractivity contribution in [1.82, 2.24) is 4.57 Å². The molecule has 0 aliphatic heterocycles. The number of carbonyl (C=O) groups is 1. The van der Waals surface area contributed by atoms with Crippen molar-refractivity contribution in [1.29, 1.82) is 0 Å². The summed E-state index contributed by atoms with van der Waals surface area (Å²) in [7, 11) is 0. The lowest BCUT2D eigenvalue weighted by Gasteiger charge is -2.12. The van der Waals surface area contributed by atoms with E-state index in [1.807, 2.05) is 59.2 Å². The van der Waals surface area contributed by atoms with Gasteiger partial charge in [0.2, 0.25) is 0 Å². The molecule has 0 aliphatic rings. The molecule has 0 spiro atoms. The van der Waals surface area contributed by atoms with E-state index in [0.29, 0.717) is 5.56 Å². The number of nitrogens with zero attached hydrogens (tertiary/aromatic N) is 1. The largest absolute Gasteiger partial charge is 0.508 e. The highest BCUT2D eigenvalue weighted by molar-refractivity contribution is 6.12. The van der Waals surface area contributed by atoms with Crippen LogP contribution in [0.5, 0.6) is 5.75 Å². The number of aromatic hydroxyl groups is 1. The number of phenols is 1. The lowest BCUT2D eigenvalue weighted by Crippen LogP contribution is -2.12. The highest BCUT2D eigenvalue weighted by Crippen LogP contribution is 2.36. The molecule has 0 atom stereocenters. The molecule has 4 aromatic rings. The third-order valence-electron chi connectivity index (χ3n) is 4.28. The minimum Gasteiger partial charge on any atom is -0.508 e. The average molecular weight is 328 g/mol. The summed E-state index contributed by atoms with van der Waals surface area (Å²) in [5, 5.41) is 10.4. The normalized spacial score (nSPS) is 10.9. The summed E-state index contributed by atoms with van der Waals surface area (Å²) >= 11 is 0. The van der Waals surface area contributed by atoms with Crippen molar-refractivity contribution >= 4 is 16.8 Å². The van der Waals surface area contributed by atoms with Gasteiger partial charge in [-0.3, -0.25) is 4.79 Å². The number of aromatic nitrogens is 1. The molecular weight excluding hydrogens is 312 g/mol. The molecular formula is C21H16N2O2. The van der Waals surface area contributed by atoms with Crippen LogP contribution in [-0.2, 0) is 0 Å². The van der Waals surface area contributed by atoms with Crippen LogP contribution in [0.25, 0.3) is 27.8 Å². The third-order valence-corrected chi connectivity index (χ3v) is 4.28. The number of hydrogen-bond donors (Lipinski definition) is 2. The van der Waals surface area contributed by atoms with E-state index >= 15 is 0 Å². The zero-order valence-corrected chi connectivity index (χ0v) is 13.4. The Hall–Kier alpha value is -3.53. The Morgan fingerprint density at radius 2 is 1.48 bits per heavy atom. The van der Waals surface area contributed by atoms with Crippen molar-refractivity contribution < 1.29 is 9.90 Å². The number of phenolic OH excluding ortho intramolecular Hbond substituents is 1. The summed E-state index contributed by atoms with van der Waals surface area (Å²) in [5.74, 6) is -0.305. The standard InChI is InChI=1S/C21H16N2O2/c22-21(25)19-17-8-4-5-9-18(17)23(15-6-2-1-3-7-15)20(19)14-10-12-16(24)13-11-14/h1-13,24H,(H2,22,25). The predicted molar refractivity (Wildman–Crippen MR) is 98.9 cm³/mol. The number of carbonyl (C=O) groups excluding carboxylic acids is 1. The first-order valence-corrected chi connectivity index (χ1v) is 7.95. The van der Waals surface area contributed by atoms with Crippen LogP contribution in [0.2, 0.25) is 0 Å². The van der Waals surface area contributed by atoms with Crippen molar-refractivity contribution in [3.05, 3.63) is 84.4 Å². The molecule has 0 fully saturated rings. The SMILES string of the molecule is NC(=O)c1c(-c2ccc(O)cc2)n(-c2ccccc2)c2ccccc12. The lowest BCUT2D eigenvalue weighted by molar-refractivity contribution is 0.100. The topological polar surface area (TPSA) is 68.2 Å². The summed E-state index contributed by atoms with van der Waals surface area (Å²) in [5.41, 5.74) is 9.60. The first-order valence-electron chi connectivity index (χ1n) is 7.95. The maximum Gasteiger partial charge on any atom is 0.251 e. The Balaban J connectivity index is 2.17. The van der Waals surface area contributed by atoms with E-state index in [1.165, 1.54) is 0 Å². The van der Waals surface area contributed by atoms with Gasteiger partial charge in [-0.25, -0.2) is 0 Å². The fourth-order valence-corrected chi connectivity index (χ4v) is 3.23. The molecule has 3 N–H and O–H groups in total. The van der Waals surface area contributed by atoms with Crippen LogP contribution in [0, 0.1) is 0 Å². The van der Waals surface area contributed by atoms with E-state index in [1.54, 1.807) is 24.3 Å². The van der Waals surface area contributed by atoms with Crippen LogP contribution in [0.1, 0.15) is 10.4 Å².